The van der Waals surface area contributed by atoms with Gasteiger partial charge in [0.2, 0.25) is 11.8 Å². The molecule has 43 heavy (non-hydrogen) atoms. The predicted molar refractivity (Wildman–Crippen MR) is 134 cm³/mol. The Kier molecular flexibility index (Phi) is 9.80. The highest BCUT2D eigenvalue weighted by atomic mass is 31.2. The van der Waals surface area contributed by atoms with Crippen molar-refractivity contribution in [2.24, 2.45) is 0 Å². The lowest BCUT2D eigenvalue weighted by atomic mass is 10.1. The van der Waals surface area contributed by atoms with Crippen LogP contribution in [-0.4, -0.2) is 144 Å². The summed E-state index contributed by atoms with van der Waals surface area (Å²) in [4.78, 5) is 44.5. The second-order valence-electron chi connectivity index (χ2n) is 9.01. The van der Waals surface area contributed by atoms with E-state index in [4.69, 9.17) is 38.9 Å². The summed E-state index contributed by atoms with van der Waals surface area (Å²) in [5.74, 6) is -0.564. The van der Waals surface area contributed by atoms with Crippen molar-refractivity contribution in [1.29, 1.82) is 0 Å². The van der Waals surface area contributed by atoms with Crippen molar-refractivity contribution in [3.8, 4) is 11.8 Å². The summed E-state index contributed by atoms with van der Waals surface area (Å²) in [6, 6.07) is 0. The molecule has 0 amide bonds. The Hall–Kier alpha value is -3.51. The SMILES string of the molecule is O=P(O)(O)O.OC[C@H]1O[C@@H](n2cnc3c(O)ncnc32)[C@H](O)[C@@H]1O.OC[C@H]1O[C@@H](n2cnc3c(O)ncnc32)[C@H](O)[C@@H]1O. The molecule has 2 saturated heterocycles. The summed E-state index contributed by atoms with van der Waals surface area (Å²) >= 11 is 0. The molecule has 11 N–H and O–H groups in total. The van der Waals surface area contributed by atoms with E-state index < -0.39 is 70.1 Å². The molecule has 2 fully saturated rings. The molecule has 236 valence electrons. The van der Waals surface area contributed by atoms with E-state index in [1.807, 2.05) is 0 Å². The van der Waals surface area contributed by atoms with Crippen LogP contribution in [-0.2, 0) is 14.0 Å². The van der Waals surface area contributed by atoms with E-state index in [1.54, 1.807) is 0 Å². The van der Waals surface area contributed by atoms with Crippen LogP contribution in [0.3, 0.4) is 0 Å². The number of nitrogens with zero attached hydrogens (tertiary/aromatic N) is 8. The summed E-state index contributed by atoms with van der Waals surface area (Å²) in [6.45, 7) is -0.830. The fourth-order valence-electron chi connectivity index (χ4n) is 4.27. The highest BCUT2D eigenvalue weighted by Gasteiger charge is 2.45. The average molecular weight is 634 g/mol. The van der Waals surface area contributed by atoms with E-state index in [-0.39, 0.29) is 34.1 Å². The van der Waals surface area contributed by atoms with Crippen LogP contribution in [0.1, 0.15) is 12.5 Å². The predicted octanol–water partition coefficient (Wildman–Crippen LogP) is -4.64. The van der Waals surface area contributed by atoms with Crippen LogP contribution in [0.25, 0.3) is 22.3 Å². The van der Waals surface area contributed by atoms with Crippen LogP contribution in [0.4, 0.5) is 0 Å². The number of aliphatic hydroxyl groups is 6. The Labute approximate surface area is 238 Å². The van der Waals surface area contributed by atoms with Gasteiger partial charge in [-0.2, -0.15) is 9.97 Å². The molecule has 6 heterocycles. The molecular weight excluding hydrogens is 607 g/mol. The molecule has 0 bridgehead atoms. The molecule has 4 aromatic rings. The molecule has 0 aliphatic carbocycles. The normalized spacial score (nSPS) is 28.9. The van der Waals surface area contributed by atoms with Gasteiger partial charge in [0.1, 0.15) is 49.3 Å². The molecule has 0 saturated carbocycles. The van der Waals surface area contributed by atoms with Crippen molar-refractivity contribution in [2.75, 3.05) is 13.2 Å². The highest BCUT2D eigenvalue weighted by Crippen LogP contribution is 2.33. The second kappa shape index (κ2) is 13.0. The topological polar surface area (TPSA) is 345 Å². The summed E-state index contributed by atoms with van der Waals surface area (Å²) < 4.78 is 22.3. The third kappa shape index (κ3) is 6.85. The smallest absolute Gasteiger partial charge is 0.466 e. The molecule has 0 radical (unpaired) electrons. The highest BCUT2D eigenvalue weighted by molar-refractivity contribution is 7.45. The number of phosphoric acid groups is 1. The number of aromatic hydroxyl groups is 2. The van der Waals surface area contributed by atoms with Crippen LogP contribution in [0.5, 0.6) is 11.8 Å². The number of ether oxygens (including phenoxy) is 2. The van der Waals surface area contributed by atoms with Crippen molar-refractivity contribution >= 4 is 30.2 Å². The number of fused-ring (bicyclic) bond motifs is 2. The fourth-order valence-corrected chi connectivity index (χ4v) is 4.27. The van der Waals surface area contributed by atoms with Crippen molar-refractivity contribution < 1.29 is 69.6 Å². The Morgan fingerprint density at radius 2 is 1.00 bits per heavy atom. The molecule has 2 aliphatic rings. The number of imidazole rings is 2. The zero-order valence-electron chi connectivity index (χ0n) is 21.5. The zero-order chi connectivity index (χ0) is 31.6. The van der Waals surface area contributed by atoms with Crippen molar-refractivity contribution in [3.05, 3.63) is 25.3 Å². The number of hydrogen-bond acceptors (Lipinski definition) is 17. The van der Waals surface area contributed by atoms with E-state index in [9.17, 15) is 30.6 Å². The lowest BCUT2D eigenvalue weighted by molar-refractivity contribution is -0.0511. The van der Waals surface area contributed by atoms with Gasteiger partial charge in [0.25, 0.3) is 0 Å². The maximum absolute atomic E-state index is 9.92. The van der Waals surface area contributed by atoms with Gasteiger partial charge in [-0.25, -0.2) is 24.5 Å². The number of aromatic nitrogens is 8. The van der Waals surface area contributed by atoms with Crippen LogP contribution < -0.4 is 0 Å². The lowest BCUT2D eigenvalue weighted by Crippen LogP contribution is -2.33. The summed E-state index contributed by atoms with van der Waals surface area (Å²) in [5, 5.41) is 76.4. The fraction of sp³-hybridized carbons (Fsp3) is 0.500. The Bertz CT molecular complexity index is 1470. The Morgan fingerprint density at radius 1 is 0.651 bits per heavy atom. The van der Waals surface area contributed by atoms with E-state index >= 15 is 0 Å². The monoisotopic (exact) mass is 634 g/mol. The van der Waals surface area contributed by atoms with Gasteiger partial charge in [-0.3, -0.25) is 9.13 Å². The standard InChI is InChI=1S/2C10H12N4O5.H3O4P/c2*15-1-4-6(16)7(17)10(19-4)14-3-13-5-8(14)11-2-12-9(5)18;1-5(2,3)4/h2*2-4,6-7,10,15-17H,1H2,(H,11,12,18);(H3,1,2,3,4)/t2*4-,6-,7-,10-;/m11./s1. The van der Waals surface area contributed by atoms with Crippen molar-refractivity contribution in [3.63, 3.8) is 0 Å². The van der Waals surface area contributed by atoms with Crippen molar-refractivity contribution in [1.82, 2.24) is 39.0 Å². The van der Waals surface area contributed by atoms with Crippen LogP contribution >= 0.6 is 7.82 Å². The largest absolute Gasteiger partial charge is 0.492 e. The van der Waals surface area contributed by atoms with E-state index in [0.717, 1.165) is 12.7 Å². The first-order valence-corrected chi connectivity index (χ1v) is 13.6. The Morgan fingerprint density at radius 3 is 1.30 bits per heavy atom. The van der Waals surface area contributed by atoms with E-state index in [0.29, 0.717) is 0 Å². The molecule has 6 rings (SSSR count). The molecule has 0 spiro atoms. The first kappa shape index (κ1) is 32.4. The minimum atomic E-state index is -4.64. The molecule has 0 unspecified atom stereocenters. The quantitative estimate of drug-likeness (QED) is 0.0940. The van der Waals surface area contributed by atoms with Gasteiger partial charge in [0.05, 0.1) is 25.9 Å². The number of rotatable bonds is 4. The molecule has 8 atom stereocenters. The van der Waals surface area contributed by atoms with Gasteiger partial charge in [0.15, 0.2) is 34.8 Å². The van der Waals surface area contributed by atoms with Gasteiger partial charge < -0.3 is 65.0 Å². The van der Waals surface area contributed by atoms with Gasteiger partial charge in [0, 0.05) is 0 Å². The second-order valence-corrected chi connectivity index (χ2v) is 10.0. The third-order valence-electron chi connectivity index (χ3n) is 6.26. The van der Waals surface area contributed by atoms with Crippen LogP contribution in [0.15, 0.2) is 25.3 Å². The number of aliphatic hydroxyl groups excluding tert-OH is 6. The van der Waals surface area contributed by atoms with E-state index in [1.165, 1.54) is 21.8 Å². The lowest BCUT2D eigenvalue weighted by Gasteiger charge is -2.16. The maximum Gasteiger partial charge on any atom is 0.466 e. The zero-order valence-corrected chi connectivity index (χ0v) is 22.4. The minimum absolute atomic E-state index is 0.167. The Balaban J connectivity index is 0.000000171. The first-order valence-electron chi connectivity index (χ1n) is 12.0. The molecule has 4 aromatic heterocycles. The first-order chi connectivity index (χ1) is 20.3. The maximum atomic E-state index is 9.92. The molecule has 0 aromatic carbocycles. The molecule has 22 nitrogen and oxygen atoms in total. The molecule has 23 heteroatoms. The van der Waals surface area contributed by atoms with Crippen LogP contribution in [0, 0.1) is 0 Å². The van der Waals surface area contributed by atoms with Crippen LogP contribution in [0.2, 0.25) is 0 Å². The summed E-state index contributed by atoms with van der Waals surface area (Å²) in [6.07, 6.45) is -3.57. The van der Waals surface area contributed by atoms with E-state index in [2.05, 4.69) is 29.9 Å². The minimum Gasteiger partial charge on any atom is -0.492 e. The molecule has 2 aliphatic heterocycles. The van der Waals surface area contributed by atoms with Crippen molar-refractivity contribution in [2.45, 2.75) is 49.1 Å². The van der Waals surface area contributed by atoms with Gasteiger partial charge in [-0.15, -0.1) is 0 Å². The van der Waals surface area contributed by atoms with Gasteiger partial charge in [-0.05, 0) is 0 Å². The average Bonchev–Trinajstić information content (AvgIpc) is 3.70. The summed E-state index contributed by atoms with van der Waals surface area (Å²) in [5.41, 5.74) is 0.866. The number of hydrogen-bond donors (Lipinski definition) is 11. The third-order valence-corrected chi connectivity index (χ3v) is 6.26. The summed E-state index contributed by atoms with van der Waals surface area (Å²) in [7, 11) is -4.64. The van der Waals surface area contributed by atoms with Gasteiger partial charge in [-0.1, -0.05) is 0 Å². The van der Waals surface area contributed by atoms with Gasteiger partial charge >= 0.3 is 7.82 Å². The molecular formula is C20H27N8O14P.